The third-order valence-corrected chi connectivity index (χ3v) is 22.3. The van der Waals surface area contributed by atoms with E-state index in [9.17, 15) is 45.6 Å². The molecule has 0 aromatic rings. The number of aliphatic hydroxyl groups excluding tert-OH is 8. The highest BCUT2D eigenvalue weighted by Gasteiger charge is 2.51. The van der Waals surface area contributed by atoms with E-state index in [1.54, 1.807) is 6.08 Å². The zero-order chi connectivity index (χ0) is 75.1. The summed E-state index contributed by atoms with van der Waals surface area (Å²) in [6, 6.07) is -0.915. The summed E-state index contributed by atoms with van der Waals surface area (Å²) in [6.45, 7) is 2.87. The minimum atomic E-state index is -1.79. The lowest BCUT2D eigenvalue weighted by Crippen LogP contribution is -2.65. The third-order valence-electron chi connectivity index (χ3n) is 22.3. The first-order valence-electron chi connectivity index (χ1n) is 45.2. The predicted octanol–water partition coefficient (Wildman–Crippen LogP) is 21.9. The van der Waals surface area contributed by atoms with Gasteiger partial charge in [0.1, 0.15) is 48.8 Å². The second-order valence-electron chi connectivity index (χ2n) is 32.1. The highest BCUT2D eigenvalue weighted by Crippen LogP contribution is 2.31. The number of hydrogen-bond donors (Lipinski definition) is 9. The van der Waals surface area contributed by atoms with Crippen molar-refractivity contribution in [2.24, 2.45) is 0 Å². The van der Waals surface area contributed by atoms with Gasteiger partial charge in [-0.15, -0.1) is 0 Å². The average molecular weight is 1480 g/mol. The molecule has 12 atom stereocenters. The smallest absolute Gasteiger partial charge is 0.220 e. The highest BCUT2D eigenvalue weighted by molar-refractivity contribution is 5.76. The topological polar surface area (TPSA) is 228 Å². The van der Waals surface area contributed by atoms with E-state index >= 15 is 0 Å². The summed E-state index contributed by atoms with van der Waals surface area (Å²) < 4.78 is 23.0. The van der Waals surface area contributed by atoms with E-state index in [4.69, 9.17) is 18.9 Å². The third kappa shape index (κ3) is 55.6. The Hall–Kier alpha value is -1.79. The fraction of sp³-hybridized carbons (Fsp3) is 0.922. The van der Waals surface area contributed by atoms with Crippen molar-refractivity contribution in [1.82, 2.24) is 5.32 Å². The van der Waals surface area contributed by atoms with Crippen LogP contribution in [0.25, 0.3) is 0 Å². The van der Waals surface area contributed by atoms with Crippen LogP contribution in [0.15, 0.2) is 36.5 Å². The molecule has 614 valence electrons. The van der Waals surface area contributed by atoms with Crippen LogP contribution in [0.4, 0.5) is 0 Å². The maximum atomic E-state index is 13.4. The Labute approximate surface area is 640 Å². The van der Waals surface area contributed by atoms with Crippen LogP contribution in [0.3, 0.4) is 0 Å². The molecule has 0 saturated carbocycles. The van der Waals surface area contributed by atoms with Crippen LogP contribution < -0.4 is 5.32 Å². The van der Waals surface area contributed by atoms with E-state index in [1.165, 1.54) is 366 Å². The van der Waals surface area contributed by atoms with Gasteiger partial charge in [-0.25, -0.2) is 0 Å². The Kier molecular flexibility index (Phi) is 69.9. The maximum absolute atomic E-state index is 13.4. The van der Waals surface area contributed by atoms with E-state index in [1.807, 2.05) is 6.08 Å². The van der Waals surface area contributed by atoms with Crippen molar-refractivity contribution in [2.45, 2.75) is 511 Å². The van der Waals surface area contributed by atoms with Crippen molar-refractivity contribution < 1.29 is 64.6 Å². The molecule has 1 amide bonds. The quantitative estimate of drug-likeness (QED) is 0.0204. The lowest BCUT2D eigenvalue weighted by Gasteiger charge is -2.46. The lowest BCUT2D eigenvalue weighted by atomic mass is 9.97. The SMILES string of the molecule is CCCCCCC/C=C\C/C=C\CCCCCCCCCCCCCCCCCCCCCCCCCCCC(=O)NC(COC1OC(CO)C(OC2OC(CO)C(O)C(O)C2O)C(O)C1O)C(O)/C=C/CCCCCCCCCCCCCCCCCCCCCCCCCCCCCCCCC. The first kappa shape index (κ1) is 98.3. The van der Waals surface area contributed by atoms with Crippen LogP contribution in [0.1, 0.15) is 438 Å². The number of aliphatic hydroxyl groups is 8. The number of nitrogens with one attached hydrogen (secondary N) is 1. The fourth-order valence-electron chi connectivity index (χ4n) is 15.2. The molecule has 2 aliphatic heterocycles. The molecule has 2 heterocycles. The number of amides is 1. The summed E-state index contributed by atoms with van der Waals surface area (Å²) in [7, 11) is 0. The molecule has 104 heavy (non-hydrogen) atoms. The Morgan fingerprint density at radius 2 is 0.635 bits per heavy atom. The second-order valence-corrected chi connectivity index (χ2v) is 32.1. The summed E-state index contributed by atoms with van der Waals surface area (Å²) in [5.41, 5.74) is 0. The Morgan fingerprint density at radius 3 is 0.962 bits per heavy atom. The molecule has 2 rings (SSSR count). The monoisotopic (exact) mass is 1470 g/mol. The van der Waals surface area contributed by atoms with Crippen LogP contribution in [-0.4, -0.2) is 140 Å². The number of carbonyl (C=O) groups is 1. The first-order chi connectivity index (χ1) is 51.1. The van der Waals surface area contributed by atoms with Gasteiger partial charge < -0.3 is 65.1 Å². The van der Waals surface area contributed by atoms with Gasteiger partial charge in [0, 0.05) is 6.42 Å². The van der Waals surface area contributed by atoms with E-state index in [2.05, 4.69) is 43.5 Å². The molecule has 0 radical (unpaired) electrons. The maximum Gasteiger partial charge on any atom is 0.220 e. The predicted molar refractivity (Wildman–Crippen MR) is 434 cm³/mol. The van der Waals surface area contributed by atoms with Crippen molar-refractivity contribution >= 4 is 5.91 Å². The molecule has 2 fully saturated rings. The Morgan fingerprint density at radius 1 is 0.346 bits per heavy atom. The van der Waals surface area contributed by atoms with Crippen LogP contribution >= 0.6 is 0 Å². The van der Waals surface area contributed by atoms with Crippen molar-refractivity contribution in [3.8, 4) is 0 Å². The first-order valence-corrected chi connectivity index (χ1v) is 45.2. The summed E-state index contributed by atoms with van der Waals surface area (Å²) in [5, 5.41) is 87.9. The molecule has 14 nitrogen and oxygen atoms in total. The molecule has 2 aliphatic rings. The minimum absolute atomic E-state index is 0.229. The summed E-state index contributed by atoms with van der Waals surface area (Å²) in [4.78, 5) is 13.4. The van der Waals surface area contributed by atoms with Gasteiger partial charge in [0.2, 0.25) is 5.91 Å². The van der Waals surface area contributed by atoms with Gasteiger partial charge in [0.15, 0.2) is 12.6 Å². The molecule has 0 aromatic carbocycles. The summed E-state index contributed by atoms with van der Waals surface area (Å²) in [5.74, 6) is -0.229. The lowest BCUT2D eigenvalue weighted by molar-refractivity contribution is -0.359. The van der Waals surface area contributed by atoms with Gasteiger partial charge in [-0.3, -0.25) is 4.79 Å². The van der Waals surface area contributed by atoms with Crippen molar-refractivity contribution in [1.29, 1.82) is 0 Å². The van der Waals surface area contributed by atoms with Gasteiger partial charge in [-0.05, 0) is 51.4 Å². The van der Waals surface area contributed by atoms with Crippen LogP contribution in [0, 0.1) is 0 Å². The Balaban J connectivity index is 1.56. The van der Waals surface area contributed by atoms with E-state index in [-0.39, 0.29) is 18.9 Å². The molecule has 12 unspecified atom stereocenters. The molecular formula is C90H171NO13. The number of unbranched alkanes of at least 4 members (excludes halogenated alkanes) is 61. The van der Waals surface area contributed by atoms with E-state index in [0.29, 0.717) is 6.42 Å². The van der Waals surface area contributed by atoms with Crippen molar-refractivity contribution in [3.05, 3.63) is 36.5 Å². The zero-order valence-electron chi connectivity index (χ0n) is 67.8. The number of hydrogen-bond acceptors (Lipinski definition) is 13. The van der Waals surface area contributed by atoms with Crippen LogP contribution in [0.2, 0.25) is 0 Å². The van der Waals surface area contributed by atoms with Gasteiger partial charge >= 0.3 is 0 Å². The molecule has 2 saturated heterocycles. The normalized spacial score (nSPS) is 21.6. The molecule has 0 spiro atoms. The number of rotatable bonds is 78. The molecular weight excluding hydrogens is 1300 g/mol. The second kappa shape index (κ2) is 74.0. The largest absolute Gasteiger partial charge is 0.394 e. The van der Waals surface area contributed by atoms with Crippen molar-refractivity contribution in [3.63, 3.8) is 0 Å². The summed E-state index contributed by atoms with van der Waals surface area (Å²) >= 11 is 0. The average Bonchev–Trinajstić information content (AvgIpc) is 0.790. The zero-order valence-corrected chi connectivity index (χ0v) is 67.8. The molecule has 0 bridgehead atoms. The van der Waals surface area contributed by atoms with Crippen LogP contribution in [0.5, 0.6) is 0 Å². The standard InChI is InChI=1S/C90H171NO13/c1-3-5-7-9-11-13-15-17-19-21-23-25-27-29-31-33-35-37-38-39-40-42-44-46-48-50-52-54-56-58-60-62-64-66-68-70-72-74-82(95)91-78(77-101-89-87(100)85(98)88(81(76-93)103-89)104-90-86(99)84(97)83(96)80(75-92)102-90)79(94)73-71-69-67-65-63-61-59-57-55-53-51-49-47-45-43-41-36-34-32-30-28-26-24-22-20-18-16-14-12-10-8-6-4-2/h15,17,21,23,71,73,78-81,83-90,92-94,96-100H,3-14,16,18-20,22,24-70,72,74-77H2,1-2H3,(H,91,95)/b17-15-,23-21-,73-71+. The van der Waals surface area contributed by atoms with Gasteiger partial charge in [-0.1, -0.05) is 416 Å². The fourth-order valence-corrected chi connectivity index (χ4v) is 15.2. The molecule has 0 aromatic heterocycles. The van der Waals surface area contributed by atoms with Crippen molar-refractivity contribution in [2.75, 3.05) is 19.8 Å². The number of allylic oxidation sites excluding steroid dienone is 5. The summed E-state index contributed by atoms with van der Waals surface area (Å²) in [6.07, 6.45) is 82.7. The molecule has 0 aliphatic carbocycles. The van der Waals surface area contributed by atoms with Gasteiger partial charge in [0.25, 0.3) is 0 Å². The molecule has 14 heteroatoms. The number of carbonyl (C=O) groups excluding carboxylic acids is 1. The van der Waals surface area contributed by atoms with Crippen LogP contribution in [-0.2, 0) is 23.7 Å². The highest BCUT2D eigenvalue weighted by atomic mass is 16.7. The Bertz CT molecular complexity index is 1890. The van der Waals surface area contributed by atoms with E-state index in [0.717, 1.165) is 44.9 Å². The molecule has 9 N–H and O–H groups in total. The minimum Gasteiger partial charge on any atom is -0.394 e. The number of ether oxygens (including phenoxy) is 4. The van der Waals surface area contributed by atoms with Gasteiger partial charge in [-0.2, -0.15) is 0 Å². The van der Waals surface area contributed by atoms with Gasteiger partial charge in [0.05, 0.1) is 32.0 Å². The van der Waals surface area contributed by atoms with E-state index < -0.39 is 86.8 Å².